The predicted octanol–water partition coefficient (Wildman–Crippen LogP) is 3.44. The van der Waals surface area contributed by atoms with Crippen LogP contribution < -0.4 is 14.4 Å². The summed E-state index contributed by atoms with van der Waals surface area (Å²) in [5.41, 5.74) is 2.01. The molecule has 0 aliphatic rings. The molecule has 0 aliphatic carbocycles. The van der Waals surface area contributed by atoms with E-state index in [1.165, 1.54) is 0 Å². The normalized spacial score (nSPS) is 11.3. The van der Waals surface area contributed by atoms with Crippen molar-refractivity contribution in [2.24, 2.45) is 0 Å². The van der Waals surface area contributed by atoms with Crippen molar-refractivity contribution in [2.45, 2.75) is 33.3 Å². The van der Waals surface area contributed by atoms with Gasteiger partial charge in [-0.3, -0.25) is 9.10 Å². The molecule has 6 nitrogen and oxygen atoms in total. The van der Waals surface area contributed by atoms with Gasteiger partial charge in [-0.15, -0.1) is 0 Å². The van der Waals surface area contributed by atoms with Gasteiger partial charge in [0.15, 0.2) is 0 Å². The second-order valence-electron chi connectivity index (χ2n) is 6.46. The number of rotatable bonds is 8. The highest BCUT2D eigenvalue weighted by Crippen LogP contribution is 2.30. The number of aryl methyl sites for hydroxylation is 1. The Hall–Kier alpha value is -2.54. The van der Waals surface area contributed by atoms with E-state index >= 15 is 0 Å². The molecule has 0 saturated carbocycles. The zero-order valence-electron chi connectivity index (χ0n) is 16.1. The number of nitrogens with one attached hydrogen (secondary N) is 1. The third-order valence-electron chi connectivity index (χ3n) is 3.86. The number of benzene rings is 2. The van der Waals surface area contributed by atoms with Crippen molar-refractivity contribution in [1.82, 2.24) is 0 Å². The highest BCUT2D eigenvalue weighted by Gasteiger charge is 2.24. The van der Waals surface area contributed by atoms with E-state index in [1.54, 1.807) is 30.3 Å². The molecule has 0 spiro atoms. The number of ether oxygens (including phenoxy) is 1. The molecule has 1 amide bonds. The molecule has 0 aliphatic heterocycles. The quantitative estimate of drug-likeness (QED) is 0.749. The monoisotopic (exact) mass is 390 g/mol. The zero-order valence-corrected chi connectivity index (χ0v) is 16.9. The molecule has 27 heavy (non-hydrogen) atoms. The fraction of sp³-hybridized carbons (Fsp3) is 0.350. The van der Waals surface area contributed by atoms with Gasteiger partial charge in [0.05, 0.1) is 18.0 Å². The van der Waals surface area contributed by atoms with Crippen LogP contribution in [0.3, 0.4) is 0 Å². The molecule has 0 radical (unpaired) electrons. The predicted molar refractivity (Wildman–Crippen MR) is 109 cm³/mol. The van der Waals surface area contributed by atoms with Crippen molar-refractivity contribution < 1.29 is 17.9 Å². The summed E-state index contributed by atoms with van der Waals surface area (Å²) >= 11 is 0. The van der Waals surface area contributed by atoms with E-state index in [9.17, 15) is 13.2 Å². The van der Waals surface area contributed by atoms with Crippen LogP contribution in [0.2, 0.25) is 0 Å². The second kappa shape index (κ2) is 8.90. The van der Waals surface area contributed by atoms with Crippen molar-refractivity contribution in [3.8, 4) is 5.75 Å². The molecule has 1 N–H and O–H groups in total. The number of nitrogens with zero attached hydrogens (tertiary/aromatic N) is 1. The summed E-state index contributed by atoms with van der Waals surface area (Å²) in [6, 6.07) is 14.3. The Balaban J connectivity index is 2.30. The molecule has 7 heteroatoms. The van der Waals surface area contributed by atoms with Gasteiger partial charge in [-0.25, -0.2) is 8.42 Å². The van der Waals surface area contributed by atoms with Gasteiger partial charge in [0.25, 0.3) is 0 Å². The van der Waals surface area contributed by atoms with Crippen LogP contribution in [0.1, 0.15) is 26.3 Å². The first-order valence-corrected chi connectivity index (χ1v) is 10.7. The highest BCUT2D eigenvalue weighted by molar-refractivity contribution is 7.92. The Labute approximate surface area is 161 Å². The molecule has 2 aromatic carbocycles. The van der Waals surface area contributed by atoms with Crippen LogP contribution in [0.25, 0.3) is 0 Å². The van der Waals surface area contributed by atoms with Gasteiger partial charge in [-0.1, -0.05) is 37.3 Å². The Morgan fingerprint density at radius 2 is 1.74 bits per heavy atom. The summed E-state index contributed by atoms with van der Waals surface area (Å²) in [5, 5.41) is 2.81. The maximum absolute atomic E-state index is 12.6. The van der Waals surface area contributed by atoms with Crippen LogP contribution in [-0.2, 0) is 21.2 Å². The van der Waals surface area contributed by atoms with E-state index in [0.29, 0.717) is 17.1 Å². The Bertz CT molecular complexity index is 894. The van der Waals surface area contributed by atoms with Crippen LogP contribution in [0.15, 0.2) is 48.5 Å². The van der Waals surface area contributed by atoms with Crippen LogP contribution in [0.5, 0.6) is 5.75 Å². The molecule has 2 aromatic rings. The van der Waals surface area contributed by atoms with Gasteiger partial charge in [0.1, 0.15) is 12.3 Å². The average Bonchev–Trinajstić information content (AvgIpc) is 2.59. The second-order valence-corrected chi connectivity index (χ2v) is 8.37. The molecule has 0 bridgehead atoms. The Morgan fingerprint density at radius 1 is 1.11 bits per heavy atom. The number of anilines is 2. The third-order valence-corrected chi connectivity index (χ3v) is 4.98. The van der Waals surface area contributed by atoms with Crippen LogP contribution >= 0.6 is 0 Å². The lowest BCUT2D eigenvalue weighted by molar-refractivity contribution is -0.114. The molecule has 0 saturated heterocycles. The Morgan fingerprint density at radius 3 is 2.37 bits per heavy atom. The van der Waals surface area contributed by atoms with E-state index < -0.39 is 15.9 Å². The molecule has 146 valence electrons. The minimum atomic E-state index is -3.69. The SMILES string of the molecule is CCc1ccccc1NC(=O)CN(c1ccccc1OC(C)C)S(C)(=O)=O. The first-order chi connectivity index (χ1) is 12.7. The minimum absolute atomic E-state index is 0.127. The smallest absolute Gasteiger partial charge is 0.245 e. The number of hydrogen-bond acceptors (Lipinski definition) is 4. The summed E-state index contributed by atoms with van der Waals surface area (Å²) in [6.45, 7) is 5.37. The van der Waals surface area contributed by atoms with Crippen molar-refractivity contribution in [3.63, 3.8) is 0 Å². The maximum atomic E-state index is 12.6. The van der Waals surface area contributed by atoms with Crippen LogP contribution in [0, 0.1) is 0 Å². The lowest BCUT2D eigenvalue weighted by Crippen LogP contribution is -2.38. The van der Waals surface area contributed by atoms with Crippen molar-refractivity contribution in [2.75, 3.05) is 22.4 Å². The van der Waals surface area contributed by atoms with Crippen molar-refractivity contribution in [1.29, 1.82) is 0 Å². The third kappa shape index (κ3) is 5.72. The van der Waals surface area contributed by atoms with E-state index in [0.717, 1.165) is 22.5 Å². The largest absolute Gasteiger partial charge is 0.489 e. The standard InChI is InChI=1S/C20H26N2O4S/c1-5-16-10-6-7-11-17(16)21-20(23)14-22(27(4,24)25)18-12-8-9-13-19(18)26-15(2)3/h6-13,15H,5,14H2,1-4H3,(H,21,23). The van der Waals surface area contributed by atoms with E-state index in [1.807, 2.05) is 39.0 Å². The first-order valence-electron chi connectivity index (χ1n) is 8.83. The molecule has 2 rings (SSSR count). The number of sulfonamides is 1. The summed E-state index contributed by atoms with van der Waals surface area (Å²) in [5.74, 6) is 0.000332. The lowest BCUT2D eigenvalue weighted by atomic mass is 10.1. The minimum Gasteiger partial charge on any atom is -0.489 e. The molecule has 0 heterocycles. The maximum Gasteiger partial charge on any atom is 0.245 e. The first kappa shape index (κ1) is 20.8. The van der Waals surface area contributed by atoms with Gasteiger partial charge in [-0.2, -0.15) is 0 Å². The number of carbonyl (C=O) groups excluding carboxylic acids is 1. The highest BCUT2D eigenvalue weighted by atomic mass is 32.2. The zero-order chi connectivity index (χ0) is 20.0. The summed E-state index contributed by atoms with van der Waals surface area (Å²) in [6.07, 6.45) is 1.71. The average molecular weight is 391 g/mol. The van der Waals surface area contributed by atoms with Crippen molar-refractivity contribution in [3.05, 3.63) is 54.1 Å². The molecular formula is C20H26N2O4S. The van der Waals surface area contributed by atoms with E-state index in [-0.39, 0.29) is 12.6 Å². The number of hydrogen-bond donors (Lipinski definition) is 1. The number of amides is 1. The number of carbonyl (C=O) groups is 1. The van der Waals surface area contributed by atoms with Gasteiger partial charge in [0.2, 0.25) is 15.9 Å². The van der Waals surface area contributed by atoms with Gasteiger partial charge >= 0.3 is 0 Å². The molecule has 0 aromatic heterocycles. The van der Waals surface area contributed by atoms with Crippen LogP contribution in [-0.4, -0.2) is 33.2 Å². The molecule has 0 atom stereocenters. The van der Waals surface area contributed by atoms with E-state index in [4.69, 9.17) is 4.74 Å². The fourth-order valence-corrected chi connectivity index (χ4v) is 3.53. The fourth-order valence-electron chi connectivity index (χ4n) is 2.67. The molecule has 0 fully saturated rings. The van der Waals surface area contributed by atoms with Crippen LogP contribution in [0.4, 0.5) is 11.4 Å². The van der Waals surface area contributed by atoms with Gasteiger partial charge < -0.3 is 10.1 Å². The molecular weight excluding hydrogens is 364 g/mol. The molecule has 0 unspecified atom stereocenters. The van der Waals surface area contributed by atoms with Gasteiger partial charge in [0, 0.05) is 5.69 Å². The van der Waals surface area contributed by atoms with Gasteiger partial charge in [-0.05, 0) is 44.0 Å². The Kier molecular flexibility index (Phi) is 6.85. The topological polar surface area (TPSA) is 75.7 Å². The van der Waals surface area contributed by atoms with Crippen molar-refractivity contribution >= 4 is 27.3 Å². The summed E-state index contributed by atoms with van der Waals surface area (Å²) < 4.78 is 31.5. The number of para-hydroxylation sites is 3. The van der Waals surface area contributed by atoms with E-state index in [2.05, 4.69) is 5.32 Å². The summed E-state index contributed by atoms with van der Waals surface area (Å²) in [7, 11) is -3.69. The lowest BCUT2D eigenvalue weighted by Gasteiger charge is -2.25. The summed E-state index contributed by atoms with van der Waals surface area (Å²) in [4.78, 5) is 12.6.